The number of carbonyl (C=O) groups is 1. The van der Waals surface area contributed by atoms with Crippen LogP contribution in [-0.2, 0) is 19.6 Å². The zero-order chi connectivity index (χ0) is 20.1. The summed E-state index contributed by atoms with van der Waals surface area (Å²) in [6, 6.07) is 6.09. The molecule has 152 valence electrons. The number of amides is 1. The van der Waals surface area contributed by atoms with Crippen molar-refractivity contribution in [2.24, 2.45) is 0 Å². The molecule has 1 aliphatic heterocycles. The first-order chi connectivity index (χ1) is 13.4. The van der Waals surface area contributed by atoms with Crippen molar-refractivity contribution >= 4 is 45.1 Å². The van der Waals surface area contributed by atoms with Gasteiger partial charge >= 0.3 is 0 Å². The Morgan fingerprint density at radius 3 is 2.46 bits per heavy atom. The molecule has 1 aromatic heterocycles. The molecule has 0 aliphatic carbocycles. The highest BCUT2D eigenvalue weighted by atomic mass is 32.2. The minimum atomic E-state index is -3.56. The van der Waals surface area contributed by atoms with E-state index in [1.165, 1.54) is 32.9 Å². The lowest BCUT2D eigenvalue weighted by molar-refractivity contribution is -0.113. The molecule has 0 radical (unpaired) electrons. The van der Waals surface area contributed by atoms with E-state index >= 15 is 0 Å². The maximum atomic E-state index is 12.6. The van der Waals surface area contributed by atoms with Crippen LogP contribution in [0.15, 0.2) is 39.5 Å². The first kappa shape index (κ1) is 20.9. The predicted octanol–water partition coefficient (Wildman–Crippen LogP) is 0.465. The molecule has 0 saturated carbocycles. The summed E-state index contributed by atoms with van der Waals surface area (Å²) in [6.45, 7) is 1.45. The average Bonchev–Trinajstić information content (AvgIpc) is 3.07. The van der Waals surface area contributed by atoms with Crippen LogP contribution < -0.4 is 11.2 Å². The third-order valence-electron chi connectivity index (χ3n) is 3.89. The summed E-state index contributed by atoms with van der Waals surface area (Å²) in [6.07, 6.45) is 1.83. The lowest BCUT2D eigenvalue weighted by Gasteiger charge is -2.26. The molecule has 28 heavy (non-hydrogen) atoms. The number of ether oxygens (including phenoxy) is 1. The van der Waals surface area contributed by atoms with Gasteiger partial charge in [-0.25, -0.2) is 13.1 Å². The van der Waals surface area contributed by atoms with Gasteiger partial charge in [-0.05, 0) is 30.5 Å². The Morgan fingerprint density at radius 1 is 1.21 bits per heavy atom. The molecule has 1 aliphatic rings. The van der Waals surface area contributed by atoms with Gasteiger partial charge in [-0.15, -0.1) is 10.2 Å². The van der Waals surface area contributed by atoms with E-state index in [4.69, 9.17) is 10.6 Å². The van der Waals surface area contributed by atoms with Gasteiger partial charge in [-0.2, -0.15) is 4.31 Å². The summed E-state index contributed by atoms with van der Waals surface area (Å²) in [5, 5.41) is 11.5. The molecular formula is C15H20N6O4S3. The number of hydrogen-bond acceptors (Lipinski definition) is 9. The number of morpholine rings is 1. The normalized spacial score (nSPS) is 15.5. The standard InChI is InChI=1S/C15H20N6O4S3/c1-26-14-18-19-15(21(14)16)27-10-13(22)17-11-2-4-12(5-3-11)28(23,24)20-6-8-25-9-7-20/h2-5H,6-10,16H2,1H3,(H,17,22). The third-order valence-corrected chi connectivity index (χ3v) is 7.39. The molecule has 1 saturated heterocycles. The van der Waals surface area contributed by atoms with E-state index in [9.17, 15) is 13.2 Å². The van der Waals surface area contributed by atoms with Crippen molar-refractivity contribution in [3.8, 4) is 0 Å². The van der Waals surface area contributed by atoms with Gasteiger partial charge in [0.25, 0.3) is 0 Å². The lowest BCUT2D eigenvalue weighted by Crippen LogP contribution is -2.40. The van der Waals surface area contributed by atoms with Gasteiger partial charge in [0, 0.05) is 18.8 Å². The first-order valence-corrected chi connectivity index (χ1v) is 11.9. The zero-order valence-corrected chi connectivity index (χ0v) is 17.5. The number of aromatic nitrogens is 3. The van der Waals surface area contributed by atoms with E-state index in [0.717, 1.165) is 11.8 Å². The maximum absolute atomic E-state index is 12.6. The number of hydrogen-bond donors (Lipinski definition) is 2. The van der Waals surface area contributed by atoms with Crippen LogP contribution in [-0.4, -0.2) is 71.8 Å². The molecule has 10 nitrogen and oxygen atoms in total. The van der Waals surface area contributed by atoms with Crippen LogP contribution in [0.3, 0.4) is 0 Å². The Morgan fingerprint density at radius 2 is 1.86 bits per heavy atom. The Hall–Kier alpha value is -1.80. The van der Waals surface area contributed by atoms with E-state index in [1.54, 1.807) is 12.1 Å². The fourth-order valence-electron chi connectivity index (χ4n) is 2.47. The molecule has 1 fully saturated rings. The number of nitrogens with two attached hydrogens (primary N) is 1. The fourth-order valence-corrected chi connectivity index (χ4v) is 5.00. The van der Waals surface area contributed by atoms with Crippen molar-refractivity contribution in [2.45, 2.75) is 15.2 Å². The molecule has 0 spiro atoms. The Bertz CT molecular complexity index is 926. The summed E-state index contributed by atoms with van der Waals surface area (Å²) in [5.74, 6) is 5.65. The third kappa shape index (κ3) is 4.78. The summed E-state index contributed by atoms with van der Waals surface area (Å²) >= 11 is 2.52. The molecule has 0 atom stereocenters. The van der Waals surface area contributed by atoms with Gasteiger partial charge in [0.1, 0.15) is 0 Å². The van der Waals surface area contributed by atoms with Crippen molar-refractivity contribution in [1.82, 2.24) is 19.2 Å². The van der Waals surface area contributed by atoms with Gasteiger partial charge in [0.05, 0.1) is 23.9 Å². The number of sulfonamides is 1. The lowest BCUT2D eigenvalue weighted by atomic mass is 10.3. The predicted molar refractivity (Wildman–Crippen MR) is 107 cm³/mol. The molecule has 2 aromatic rings. The molecule has 3 N–H and O–H groups in total. The highest BCUT2D eigenvalue weighted by Crippen LogP contribution is 2.21. The van der Waals surface area contributed by atoms with E-state index in [-0.39, 0.29) is 16.6 Å². The van der Waals surface area contributed by atoms with Crippen molar-refractivity contribution < 1.29 is 17.9 Å². The van der Waals surface area contributed by atoms with Crippen molar-refractivity contribution in [1.29, 1.82) is 0 Å². The number of nitrogens with one attached hydrogen (secondary N) is 1. The van der Waals surface area contributed by atoms with E-state index in [0.29, 0.717) is 42.3 Å². The minimum Gasteiger partial charge on any atom is -0.379 e. The van der Waals surface area contributed by atoms with Gasteiger partial charge in [0.15, 0.2) is 0 Å². The van der Waals surface area contributed by atoms with Gasteiger partial charge in [0.2, 0.25) is 26.2 Å². The molecule has 1 aromatic carbocycles. The van der Waals surface area contributed by atoms with Crippen LogP contribution in [0.5, 0.6) is 0 Å². The second kappa shape index (κ2) is 9.13. The summed E-state index contributed by atoms with van der Waals surface area (Å²) in [5.41, 5.74) is 0.505. The number of benzene rings is 1. The number of nitrogen functional groups attached to an aromatic ring is 1. The summed E-state index contributed by atoms with van der Waals surface area (Å²) in [7, 11) is -3.56. The fraction of sp³-hybridized carbons (Fsp3) is 0.400. The van der Waals surface area contributed by atoms with Crippen molar-refractivity contribution in [2.75, 3.05) is 49.5 Å². The number of carbonyl (C=O) groups excluding carboxylic acids is 1. The Labute approximate surface area is 171 Å². The molecule has 1 amide bonds. The molecule has 0 unspecified atom stereocenters. The zero-order valence-electron chi connectivity index (χ0n) is 15.1. The highest BCUT2D eigenvalue weighted by Gasteiger charge is 2.26. The maximum Gasteiger partial charge on any atom is 0.243 e. The van der Waals surface area contributed by atoms with Gasteiger partial charge < -0.3 is 15.9 Å². The molecule has 2 heterocycles. The van der Waals surface area contributed by atoms with Crippen molar-refractivity contribution in [3.63, 3.8) is 0 Å². The van der Waals surface area contributed by atoms with Crippen LogP contribution >= 0.6 is 23.5 Å². The van der Waals surface area contributed by atoms with Crippen LogP contribution in [0.25, 0.3) is 0 Å². The number of nitrogens with zero attached hydrogens (tertiary/aromatic N) is 4. The van der Waals surface area contributed by atoms with Crippen LogP contribution in [0.2, 0.25) is 0 Å². The topological polar surface area (TPSA) is 132 Å². The van der Waals surface area contributed by atoms with Crippen LogP contribution in [0.1, 0.15) is 0 Å². The van der Waals surface area contributed by atoms with Crippen molar-refractivity contribution in [3.05, 3.63) is 24.3 Å². The Balaban J connectivity index is 1.57. The van der Waals surface area contributed by atoms with E-state index in [2.05, 4.69) is 15.5 Å². The molecule has 13 heteroatoms. The van der Waals surface area contributed by atoms with E-state index < -0.39 is 10.0 Å². The minimum absolute atomic E-state index is 0.0948. The van der Waals surface area contributed by atoms with E-state index in [1.807, 2.05) is 6.26 Å². The van der Waals surface area contributed by atoms with Crippen LogP contribution in [0.4, 0.5) is 5.69 Å². The average molecular weight is 445 g/mol. The van der Waals surface area contributed by atoms with Crippen LogP contribution in [0, 0.1) is 0 Å². The quantitative estimate of drug-likeness (QED) is 0.462. The first-order valence-electron chi connectivity index (χ1n) is 8.27. The number of anilines is 1. The van der Waals surface area contributed by atoms with Gasteiger partial charge in [-0.1, -0.05) is 23.5 Å². The van der Waals surface area contributed by atoms with Gasteiger partial charge in [-0.3, -0.25) is 4.79 Å². The smallest absolute Gasteiger partial charge is 0.243 e. The monoisotopic (exact) mass is 444 g/mol. The second-order valence-electron chi connectivity index (χ2n) is 5.72. The highest BCUT2D eigenvalue weighted by molar-refractivity contribution is 8.00. The summed E-state index contributed by atoms with van der Waals surface area (Å²) in [4.78, 5) is 12.3. The SMILES string of the molecule is CSc1nnc(SCC(=O)Nc2ccc(S(=O)(=O)N3CCOCC3)cc2)n1N. The second-order valence-corrected chi connectivity index (χ2v) is 9.37. The summed E-state index contributed by atoms with van der Waals surface area (Å²) < 4.78 is 33.1. The number of thioether (sulfide) groups is 2. The molecule has 3 rings (SSSR count). The largest absolute Gasteiger partial charge is 0.379 e. The Kier molecular flexibility index (Phi) is 6.82. The number of rotatable bonds is 7. The molecule has 0 bridgehead atoms. The molecular weight excluding hydrogens is 424 g/mol.